The van der Waals surface area contributed by atoms with Gasteiger partial charge in [0.2, 0.25) is 5.95 Å². The Morgan fingerprint density at radius 1 is 1.04 bits per heavy atom. The SMILES string of the molecule is Cc1ccc(CNc2ncc(C(=O)NCCc3ccccc3F)cn2)cc1. The summed E-state index contributed by atoms with van der Waals surface area (Å²) in [7, 11) is 0. The number of anilines is 1. The van der Waals surface area contributed by atoms with Gasteiger partial charge in [-0.25, -0.2) is 14.4 Å². The minimum absolute atomic E-state index is 0.265. The van der Waals surface area contributed by atoms with Crippen molar-refractivity contribution in [1.29, 1.82) is 0 Å². The lowest BCUT2D eigenvalue weighted by atomic mass is 10.1. The zero-order valence-electron chi connectivity index (χ0n) is 15.1. The first kappa shape index (κ1) is 18.5. The van der Waals surface area contributed by atoms with Crippen LogP contribution in [-0.4, -0.2) is 22.4 Å². The van der Waals surface area contributed by atoms with Gasteiger partial charge in [0.05, 0.1) is 5.56 Å². The van der Waals surface area contributed by atoms with E-state index in [0.717, 1.165) is 5.56 Å². The average Bonchev–Trinajstić information content (AvgIpc) is 2.69. The molecule has 1 aromatic heterocycles. The molecule has 1 amide bonds. The summed E-state index contributed by atoms with van der Waals surface area (Å²) >= 11 is 0. The smallest absolute Gasteiger partial charge is 0.254 e. The van der Waals surface area contributed by atoms with E-state index in [1.54, 1.807) is 18.2 Å². The normalized spacial score (nSPS) is 10.4. The molecule has 3 aromatic rings. The van der Waals surface area contributed by atoms with Gasteiger partial charge in [-0.2, -0.15) is 0 Å². The molecule has 5 nitrogen and oxygen atoms in total. The van der Waals surface area contributed by atoms with Crippen molar-refractivity contribution in [2.75, 3.05) is 11.9 Å². The zero-order chi connectivity index (χ0) is 19.1. The standard InChI is InChI=1S/C21H21FN4O/c1-15-6-8-16(9-7-15)12-24-21-25-13-18(14-26-21)20(27)23-11-10-17-4-2-3-5-19(17)22/h2-9,13-14H,10-12H2,1H3,(H,23,27)(H,24,25,26). The van der Waals surface area contributed by atoms with E-state index in [1.165, 1.54) is 24.0 Å². The van der Waals surface area contributed by atoms with E-state index < -0.39 is 0 Å². The minimum Gasteiger partial charge on any atom is -0.352 e. The largest absolute Gasteiger partial charge is 0.352 e. The van der Waals surface area contributed by atoms with E-state index >= 15 is 0 Å². The van der Waals surface area contributed by atoms with Crippen LogP contribution in [0.3, 0.4) is 0 Å². The molecule has 1 heterocycles. The summed E-state index contributed by atoms with van der Waals surface area (Å²) in [6.45, 7) is 2.99. The molecule has 27 heavy (non-hydrogen) atoms. The van der Waals surface area contributed by atoms with Crippen LogP contribution in [0.5, 0.6) is 0 Å². The van der Waals surface area contributed by atoms with Crippen molar-refractivity contribution in [2.45, 2.75) is 19.9 Å². The van der Waals surface area contributed by atoms with Crippen molar-refractivity contribution in [1.82, 2.24) is 15.3 Å². The van der Waals surface area contributed by atoms with Gasteiger partial charge in [0.25, 0.3) is 5.91 Å². The Hall–Kier alpha value is -3.28. The van der Waals surface area contributed by atoms with Gasteiger partial charge in [0.1, 0.15) is 5.82 Å². The average molecular weight is 364 g/mol. The number of rotatable bonds is 7. The van der Waals surface area contributed by atoms with Crippen LogP contribution in [0.4, 0.5) is 10.3 Å². The third-order valence-corrected chi connectivity index (χ3v) is 4.12. The predicted octanol–water partition coefficient (Wildman–Crippen LogP) is 3.51. The molecule has 0 saturated heterocycles. The molecular formula is C21H21FN4O. The maximum atomic E-state index is 13.6. The van der Waals surface area contributed by atoms with Gasteiger partial charge in [0, 0.05) is 25.5 Å². The molecule has 0 saturated carbocycles. The van der Waals surface area contributed by atoms with Crippen molar-refractivity contribution >= 4 is 11.9 Å². The molecule has 0 aliphatic rings. The lowest BCUT2D eigenvalue weighted by molar-refractivity contribution is 0.0953. The number of nitrogens with one attached hydrogen (secondary N) is 2. The molecule has 0 unspecified atom stereocenters. The molecule has 2 aromatic carbocycles. The highest BCUT2D eigenvalue weighted by Gasteiger charge is 2.08. The van der Waals surface area contributed by atoms with E-state index in [4.69, 9.17) is 0 Å². The Morgan fingerprint density at radius 3 is 2.44 bits per heavy atom. The number of carbonyl (C=O) groups excluding carboxylic acids is 1. The lowest BCUT2D eigenvalue weighted by Crippen LogP contribution is -2.26. The van der Waals surface area contributed by atoms with E-state index in [1.807, 2.05) is 31.2 Å². The molecular weight excluding hydrogens is 343 g/mol. The number of nitrogens with zero attached hydrogens (tertiary/aromatic N) is 2. The fourth-order valence-corrected chi connectivity index (χ4v) is 2.54. The highest BCUT2D eigenvalue weighted by atomic mass is 19.1. The summed E-state index contributed by atoms with van der Waals surface area (Å²) < 4.78 is 13.6. The quantitative estimate of drug-likeness (QED) is 0.673. The Balaban J connectivity index is 1.48. The molecule has 138 valence electrons. The molecule has 0 spiro atoms. The van der Waals surface area contributed by atoms with Crippen molar-refractivity contribution in [2.24, 2.45) is 0 Å². The minimum atomic E-state index is -0.281. The summed E-state index contributed by atoms with van der Waals surface area (Å²) in [6.07, 6.45) is 3.38. The number of halogens is 1. The van der Waals surface area contributed by atoms with Crippen molar-refractivity contribution in [3.63, 3.8) is 0 Å². The summed E-state index contributed by atoms with van der Waals surface area (Å²) in [6, 6.07) is 14.7. The predicted molar refractivity (Wildman–Crippen MR) is 103 cm³/mol. The third kappa shape index (κ3) is 5.34. The monoisotopic (exact) mass is 364 g/mol. The summed E-state index contributed by atoms with van der Waals surface area (Å²) in [5.41, 5.74) is 3.27. The van der Waals surface area contributed by atoms with Gasteiger partial charge in [-0.1, -0.05) is 48.0 Å². The highest BCUT2D eigenvalue weighted by Crippen LogP contribution is 2.08. The molecule has 3 rings (SSSR count). The Bertz CT molecular complexity index is 895. The Morgan fingerprint density at radius 2 is 1.74 bits per heavy atom. The summed E-state index contributed by atoms with van der Waals surface area (Å²) in [5, 5.41) is 5.87. The Kier molecular flexibility index (Phi) is 6.10. The first-order valence-corrected chi connectivity index (χ1v) is 8.75. The Labute approximate surface area is 157 Å². The van der Waals surface area contributed by atoms with Gasteiger partial charge in [-0.15, -0.1) is 0 Å². The molecule has 0 bridgehead atoms. The maximum absolute atomic E-state index is 13.6. The third-order valence-electron chi connectivity index (χ3n) is 4.12. The van der Waals surface area contributed by atoms with Crippen molar-refractivity contribution < 1.29 is 9.18 Å². The topological polar surface area (TPSA) is 66.9 Å². The van der Waals surface area contributed by atoms with Crippen LogP contribution < -0.4 is 10.6 Å². The van der Waals surface area contributed by atoms with E-state index in [-0.39, 0.29) is 11.7 Å². The molecule has 0 aliphatic carbocycles. The number of hydrogen-bond acceptors (Lipinski definition) is 4. The number of benzene rings is 2. The van der Waals surface area contributed by atoms with Crippen LogP contribution in [0.1, 0.15) is 27.0 Å². The maximum Gasteiger partial charge on any atom is 0.254 e. The van der Waals surface area contributed by atoms with Gasteiger partial charge in [-0.3, -0.25) is 4.79 Å². The van der Waals surface area contributed by atoms with Crippen LogP contribution in [0.15, 0.2) is 60.9 Å². The van der Waals surface area contributed by atoms with Gasteiger partial charge in [0.15, 0.2) is 0 Å². The number of aryl methyl sites for hydroxylation is 1. The van der Waals surface area contributed by atoms with Crippen molar-refractivity contribution in [3.8, 4) is 0 Å². The van der Waals surface area contributed by atoms with E-state index in [0.29, 0.717) is 36.6 Å². The molecule has 0 radical (unpaired) electrons. The van der Waals surface area contributed by atoms with Gasteiger partial charge in [-0.05, 0) is 30.5 Å². The van der Waals surface area contributed by atoms with E-state index in [2.05, 4.69) is 20.6 Å². The van der Waals surface area contributed by atoms with Crippen LogP contribution in [0.25, 0.3) is 0 Å². The van der Waals surface area contributed by atoms with Crippen LogP contribution in [0, 0.1) is 12.7 Å². The van der Waals surface area contributed by atoms with Gasteiger partial charge >= 0.3 is 0 Å². The zero-order valence-corrected chi connectivity index (χ0v) is 15.1. The molecule has 0 atom stereocenters. The van der Waals surface area contributed by atoms with Crippen LogP contribution in [-0.2, 0) is 13.0 Å². The fourth-order valence-electron chi connectivity index (χ4n) is 2.54. The molecule has 0 aliphatic heterocycles. The first-order valence-electron chi connectivity index (χ1n) is 8.75. The summed E-state index contributed by atoms with van der Waals surface area (Å²) in [5.74, 6) is -0.0889. The van der Waals surface area contributed by atoms with Crippen molar-refractivity contribution in [3.05, 3.63) is 89.0 Å². The summed E-state index contributed by atoms with van der Waals surface area (Å²) in [4.78, 5) is 20.5. The molecule has 2 N–H and O–H groups in total. The van der Waals surface area contributed by atoms with Crippen LogP contribution in [0.2, 0.25) is 0 Å². The molecule has 0 fully saturated rings. The van der Waals surface area contributed by atoms with Crippen LogP contribution >= 0.6 is 0 Å². The number of carbonyl (C=O) groups is 1. The second-order valence-electron chi connectivity index (χ2n) is 6.23. The second-order valence-corrected chi connectivity index (χ2v) is 6.23. The second kappa shape index (κ2) is 8.89. The number of amides is 1. The number of aromatic nitrogens is 2. The van der Waals surface area contributed by atoms with E-state index in [9.17, 15) is 9.18 Å². The highest BCUT2D eigenvalue weighted by molar-refractivity contribution is 5.93. The molecule has 6 heteroatoms. The number of hydrogen-bond donors (Lipinski definition) is 2. The van der Waals surface area contributed by atoms with Gasteiger partial charge < -0.3 is 10.6 Å². The first-order chi connectivity index (χ1) is 13.1. The fraction of sp³-hybridized carbons (Fsp3) is 0.190. The lowest BCUT2D eigenvalue weighted by Gasteiger charge is -2.07.